The normalized spacial score (nSPS) is 15.1. The first-order valence-electron chi connectivity index (χ1n) is 6.08. The molecule has 0 aromatic heterocycles. The van der Waals surface area contributed by atoms with Gasteiger partial charge in [0.25, 0.3) is 5.91 Å². The maximum absolute atomic E-state index is 13.5. The molecule has 0 fully saturated rings. The van der Waals surface area contributed by atoms with Crippen LogP contribution in [-0.4, -0.2) is 12.5 Å². The van der Waals surface area contributed by atoms with E-state index in [1.165, 1.54) is 24.1 Å². The molecule has 1 N–H and O–H groups in total. The lowest BCUT2D eigenvalue weighted by Gasteiger charge is -2.13. The number of hydrogen-bond acceptors (Lipinski definition) is 1. The number of allylic oxidation sites excluding steroid dienone is 1. The van der Waals surface area contributed by atoms with Crippen LogP contribution in [0.15, 0.2) is 29.8 Å². The van der Waals surface area contributed by atoms with E-state index in [1.54, 1.807) is 0 Å². The summed E-state index contributed by atoms with van der Waals surface area (Å²) in [6.45, 7) is 0.501. The summed E-state index contributed by atoms with van der Waals surface area (Å²) in [6.07, 6.45) is 6.62. The lowest BCUT2D eigenvalue weighted by Crippen LogP contribution is -2.26. The van der Waals surface area contributed by atoms with Crippen LogP contribution >= 0.6 is 11.6 Å². The topological polar surface area (TPSA) is 29.1 Å². The van der Waals surface area contributed by atoms with E-state index in [4.69, 9.17) is 11.6 Å². The van der Waals surface area contributed by atoms with Gasteiger partial charge in [-0.3, -0.25) is 4.79 Å². The average Bonchev–Trinajstić information content (AvgIpc) is 2.37. The zero-order chi connectivity index (χ0) is 13.0. The minimum atomic E-state index is -0.586. The molecule has 0 spiro atoms. The van der Waals surface area contributed by atoms with E-state index in [1.807, 2.05) is 0 Å². The molecule has 18 heavy (non-hydrogen) atoms. The Morgan fingerprint density at radius 2 is 2.22 bits per heavy atom. The molecule has 1 aliphatic rings. The first-order chi connectivity index (χ1) is 8.66. The first-order valence-corrected chi connectivity index (χ1v) is 6.46. The minimum Gasteiger partial charge on any atom is -0.348 e. The molecule has 0 heterocycles. The Labute approximate surface area is 111 Å². The Kier molecular flexibility index (Phi) is 4.37. The lowest BCUT2D eigenvalue weighted by atomic mass is 9.99. The number of nitrogens with one attached hydrogen (secondary N) is 1. The van der Waals surface area contributed by atoms with E-state index in [0.29, 0.717) is 11.6 Å². The predicted octanol–water partition coefficient (Wildman–Crippen LogP) is 3.71. The molecule has 0 radical (unpaired) electrons. The van der Waals surface area contributed by atoms with Gasteiger partial charge in [-0.2, -0.15) is 0 Å². The van der Waals surface area contributed by atoms with Gasteiger partial charge in [0.05, 0.1) is 5.56 Å². The fraction of sp³-hybridized carbons (Fsp3) is 0.357. The number of hydrogen-bond donors (Lipinski definition) is 1. The van der Waals surface area contributed by atoms with Gasteiger partial charge in [0, 0.05) is 11.6 Å². The van der Waals surface area contributed by atoms with E-state index >= 15 is 0 Å². The second-order valence-corrected chi connectivity index (χ2v) is 4.85. The monoisotopic (exact) mass is 267 g/mol. The van der Waals surface area contributed by atoms with Crippen LogP contribution in [0.3, 0.4) is 0 Å². The molecular weight excluding hydrogens is 253 g/mol. The minimum absolute atomic E-state index is 0.0378. The van der Waals surface area contributed by atoms with Crippen LogP contribution in [0.2, 0.25) is 5.02 Å². The van der Waals surface area contributed by atoms with Gasteiger partial charge in [0.2, 0.25) is 0 Å². The van der Waals surface area contributed by atoms with E-state index in [2.05, 4.69) is 11.4 Å². The average molecular weight is 268 g/mol. The molecule has 2 rings (SSSR count). The first kappa shape index (κ1) is 13.1. The molecule has 1 aliphatic carbocycles. The Morgan fingerprint density at radius 3 is 2.89 bits per heavy atom. The summed E-state index contributed by atoms with van der Waals surface area (Å²) in [4.78, 5) is 11.8. The third kappa shape index (κ3) is 3.33. The van der Waals surface area contributed by atoms with Gasteiger partial charge in [0.15, 0.2) is 0 Å². The van der Waals surface area contributed by atoms with Crippen molar-refractivity contribution in [2.45, 2.75) is 25.7 Å². The highest BCUT2D eigenvalue weighted by Gasteiger charge is 2.12. The quantitative estimate of drug-likeness (QED) is 0.831. The fourth-order valence-electron chi connectivity index (χ4n) is 2.03. The van der Waals surface area contributed by atoms with Crippen LogP contribution in [0.1, 0.15) is 36.0 Å². The number of carbonyl (C=O) groups is 1. The molecule has 0 aliphatic heterocycles. The van der Waals surface area contributed by atoms with Gasteiger partial charge in [0.1, 0.15) is 5.82 Å². The molecular formula is C14H15ClFNO. The Hall–Kier alpha value is -1.35. The second-order valence-electron chi connectivity index (χ2n) is 4.42. The highest BCUT2D eigenvalue weighted by molar-refractivity contribution is 6.30. The van der Waals surface area contributed by atoms with Crippen LogP contribution < -0.4 is 5.32 Å². The maximum atomic E-state index is 13.5. The summed E-state index contributed by atoms with van der Waals surface area (Å²) in [5.74, 6) is -0.978. The van der Waals surface area contributed by atoms with E-state index in [0.717, 1.165) is 25.3 Å². The van der Waals surface area contributed by atoms with Gasteiger partial charge in [-0.25, -0.2) is 4.39 Å². The SMILES string of the molecule is O=C(NCC1=CCCCC1)c1ccc(Cl)cc1F. The number of benzene rings is 1. The van der Waals surface area contributed by atoms with E-state index < -0.39 is 11.7 Å². The van der Waals surface area contributed by atoms with Gasteiger partial charge in [-0.15, -0.1) is 0 Å². The smallest absolute Gasteiger partial charge is 0.254 e. The molecule has 2 nitrogen and oxygen atoms in total. The summed E-state index contributed by atoms with van der Waals surface area (Å²) >= 11 is 5.64. The number of halogens is 2. The van der Waals surface area contributed by atoms with Crippen LogP contribution in [0.4, 0.5) is 4.39 Å². The van der Waals surface area contributed by atoms with Crippen molar-refractivity contribution in [2.24, 2.45) is 0 Å². The molecule has 0 unspecified atom stereocenters. The molecule has 0 bridgehead atoms. The Balaban J connectivity index is 1.97. The Bertz CT molecular complexity index is 485. The standard InChI is InChI=1S/C14H15ClFNO/c15-11-6-7-12(13(16)8-11)14(18)17-9-10-4-2-1-3-5-10/h4,6-8H,1-3,5,9H2,(H,17,18). The van der Waals surface area contributed by atoms with Crippen molar-refractivity contribution in [2.75, 3.05) is 6.54 Å². The molecule has 1 aromatic rings. The third-order valence-electron chi connectivity index (χ3n) is 3.04. The van der Waals surface area contributed by atoms with Crippen molar-refractivity contribution in [1.29, 1.82) is 0 Å². The van der Waals surface area contributed by atoms with Crippen molar-refractivity contribution in [1.82, 2.24) is 5.32 Å². The van der Waals surface area contributed by atoms with Gasteiger partial charge >= 0.3 is 0 Å². The molecule has 96 valence electrons. The number of amides is 1. The van der Waals surface area contributed by atoms with Crippen molar-refractivity contribution >= 4 is 17.5 Å². The highest BCUT2D eigenvalue weighted by atomic mass is 35.5. The summed E-state index contributed by atoms with van der Waals surface area (Å²) in [5, 5.41) is 3.03. The molecule has 0 atom stereocenters. The van der Waals surface area contributed by atoms with E-state index in [9.17, 15) is 9.18 Å². The van der Waals surface area contributed by atoms with Crippen molar-refractivity contribution in [3.63, 3.8) is 0 Å². The lowest BCUT2D eigenvalue weighted by molar-refractivity contribution is 0.0952. The molecule has 0 saturated heterocycles. The molecule has 0 saturated carbocycles. The number of rotatable bonds is 3. The summed E-state index contributed by atoms with van der Waals surface area (Å²) < 4.78 is 13.5. The highest BCUT2D eigenvalue weighted by Crippen LogP contribution is 2.17. The third-order valence-corrected chi connectivity index (χ3v) is 3.27. The van der Waals surface area contributed by atoms with Gasteiger partial charge < -0.3 is 5.32 Å². The predicted molar refractivity (Wildman–Crippen MR) is 70.3 cm³/mol. The summed E-state index contributed by atoms with van der Waals surface area (Å²) in [6, 6.07) is 4.07. The van der Waals surface area contributed by atoms with Crippen molar-refractivity contribution in [3.05, 3.63) is 46.3 Å². The molecule has 4 heteroatoms. The second kappa shape index (κ2) is 6.01. The van der Waals surface area contributed by atoms with Crippen LogP contribution in [0.25, 0.3) is 0 Å². The summed E-state index contributed by atoms with van der Waals surface area (Å²) in [7, 11) is 0. The maximum Gasteiger partial charge on any atom is 0.254 e. The van der Waals surface area contributed by atoms with Crippen LogP contribution in [-0.2, 0) is 0 Å². The number of carbonyl (C=O) groups excluding carboxylic acids is 1. The van der Waals surface area contributed by atoms with E-state index in [-0.39, 0.29) is 5.56 Å². The van der Waals surface area contributed by atoms with Crippen molar-refractivity contribution < 1.29 is 9.18 Å². The fourth-order valence-corrected chi connectivity index (χ4v) is 2.19. The van der Waals surface area contributed by atoms with Gasteiger partial charge in [-0.05, 0) is 43.9 Å². The van der Waals surface area contributed by atoms with Crippen LogP contribution in [0.5, 0.6) is 0 Å². The zero-order valence-electron chi connectivity index (χ0n) is 10.0. The zero-order valence-corrected chi connectivity index (χ0v) is 10.8. The summed E-state index contributed by atoms with van der Waals surface area (Å²) in [5.41, 5.74) is 1.26. The molecule has 1 amide bonds. The van der Waals surface area contributed by atoms with Gasteiger partial charge in [-0.1, -0.05) is 23.3 Å². The van der Waals surface area contributed by atoms with Crippen LogP contribution in [0, 0.1) is 5.82 Å². The largest absolute Gasteiger partial charge is 0.348 e. The van der Waals surface area contributed by atoms with Crippen molar-refractivity contribution in [3.8, 4) is 0 Å². The Morgan fingerprint density at radius 1 is 1.39 bits per heavy atom. The molecule has 1 aromatic carbocycles.